The van der Waals surface area contributed by atoms with Gasteiger partial charge < -0.3 is 4.81 Å². The van der Waals surface area contributed by atoms with Gasteiger partial charge in [-0.05, 0) is 0 Å². The molecule has 0 heterocycles. The second kappa shape index (κ2) is 2.24. The van der Waals surface area contributed by atoms with Gasteiger partial charge in [0, 0.05) is 6.85 Å². The molecule has 0 atom stereocenters. The summed E-state index contributed by atoms with van der Waals surface area (Å²) in [5.41, 5.74) is 0. The first-order chi connectivity index (χ1) is 2.64. The van der Waals surface area contributed by atoms with Crippen molar-refractivity contribution < 1.29 is 0 Å². The average molecular weight is 86.0 g/mol. The van der Waals surface area contributed by atoms with Gasteiger partial charge in [0.25, 0.3) is 0 Å². The summed E-state index contributed by atoms with van der Waals surface area (Å²) in [4.78, 5) is 2.25. The van der Waals surface area contributed by atoms with Crippen LogP contribution in [0, 0.1) is 0 Å². The Bertz CT molecular complexity index is 28.5. The van der Waals surface area contributed by atoms with E-state index >= 15 is 0 Å². The van der Waals surface area contributed by atoms with Gasteiger partial charge in [-0.1, -0.05) is 14.1 Å². The van der Waals surface area contributed by atoms with Crippen LogP contribution in [0.2, 0.25) is 13.6 Å². The first-order valence-corrected chi connectivity index (χ1v) is 2.62. The fourth-order valence-corrected chi connectivity index (χ4v) is 0. The molecule has 0 amide bonds. The second-order valence-corrected chi connectivity index (χ2v) is 2.42. The first-order valence-electron chi connectivity index (χ1n) is 2.62. The van der Waals surface area contributed by atoms with Gasteiger partial charge in [0.1, 0.15) is 0 Å². The lowest BCUT2D eigenvalue weighted by atomic mass is 9.67. The van der Waals surface area contributed by atoms with Crippen LogP contribution in [-0.2, 0) is 0 Å². The smallest absolute Gasteiger partial charge is 0.0404 e. The van der Waals surface area contributed by atoms with Crippen molar-refractivity contribution in [1.82, 2.24) is 4.81 Å². The van der Waals surface area contributed by atoms with Crippen LogP contribution in [0.1, 0.15) is 0 Å². The molecule has 0 aromatic carbocycles. The quantitative estimate of drug-likeness (QED) is 0.421. The van der Waals surface area contributed by atoms with Crippen LogP contribution in [0.25, 0.3) is 0 Å². The first kappa shape index (κ1) is 6.02. The minimum Gasteiger partial charge on any atom is -0.483 e. The van der Waals surface area contributed by atoms with Crippen molar-refractivity contribution in [3.63, 3.8) is 0 Å². The van der Waals surface area contributed by atoms with E-state index in [4.69, 9.17) is 0 Å². The van der Waals surface area contributed by atoms with E-state index in [1.165, 1.54) is 0 Å². The Morgan fingerprint density at radius 2 is 1.33 bits per heavy atom. The molecule has 0 saturated carbocycles. The van der Waals surface area contributed by atoms with Crippen LogP contribution in [0.4, 0.5) is 0 Å². The van der Waals surface area contributed by atoms with Gasteiger partial charge >= 0.3 is 0 Å². The Hall–Kier alpha value is 0.0249. The zero-order valence-corrected chi connectivity index (χ0v) is 5.15. The molecule has 2 heteroatoms. The molecule has 0 aromatic rings. The third kappa shape index (κ3) is 2.27. The number of hydrogen-bond donors (Lipinski definition) is 0. The topological polar surface area (TPSA) is 3.24 Å². The Kier molecular flexibility index (Phi) is 2.25. The lowest BCUT2D eigenvalue weighted by Gasteiger charge is -2.20. The van der Waals surface area contributed by atoms with Crippen molar-refractivity contribution in [2.24, 2.45) is 0 Å². The van der Waals surface area contributed by atoms with E-state index < -0.39 is 0 Å². The normalized spacial score (nSPS) is 11.0. The van der Waals surface area contributed by atoms with Crippen LogP contribution in [0.15, 0.2) is 0 Å². The summed E-state index contributed by atoms with van der Waals surface area (Å²) in [6.07, 6.45) is 0. The maximum absolute atomic E-state index is 2.25. The summed E-state index contributed by atoms with van der Waals surface area (Å²) in [5.74, 6) is 0. The van der Waals surface area contributed by atoms with Gasteiger partial charge in [-0.2, -0.15) is 13.6 Å². The molecule has 0 aliphatic heterocycles. The summed E-state index contributed by atoms with van der Waals surface area (Å²) in [6.45, 7) is 4.53. The molecule has 0 aliphatic carbocycles. The van der Waals surface area contributed by atoms with Crippen LogP contribution < -0.4 is 0 Å². The highest BCUT2D eigenvalue weighted by molar-refractivity contribution is 6.52. The van der Waals surface area contributed by atoms with E-state index in [1.807, 2.05) is 0 Å². The Labute approximate surface area is 40.4 Å². The van der Waals surface area contributed by atoms with E-state index in [2.05, 4.69) is 32.6 Å². The van der Waals surface area contributed by atoms with Gasteiger partial charge in [0.05, 0.1) is 0 Å². The molecule has 0 fully saturated rings. The van der Waals surface area contributed by atoms with Gasteiger partial charge in [-0.15, -0.1) is 0 Å². The van der Waals surface area contributed by atoms with Crippen molar-refractivity contribution in [3.05, 3.63) is 0 Å². The number of hydrogen-bond acceptors (Lipinski definition) is 1. The highest BCUT2D eigenvalue weighted by atomic mass is 15.0. The number of nitrogens with zero attached hydrogens (tertiary/aromatic N) is 1. The molecule has 0 spiro atoms. The summed E-state index contributed by atoms with van der Waals surface area (Å²) < 4.78 is 0. The minimum atomic E-state index is 0.0278. The molecule has 6 heavy (non-hydrogen) atoms. The van der Waals surface area contributed by atoms with E-state index in [1.54, 1.807) is 0 Å². The van der Waals surface area contributed by atoms with E-state index in [0.29, 0.717) is 0 Å². The third-order valence-corrected chi connectivity index (χ3v) is 1.26. The highest BCUT2D eigenvalue weighted by Crippen LogP contribution is 1.79. The molecule has 0 aromatic heterocycles. The van der Waals surface area contributed by atoms with Crippen LogP contribution >= 0.6 is 0 Å². The van der Waals surface area contributed by atoms with E-state index in [0.717, 1.165) is 0 Å². The monoisotopic (exact) mass is 86.1 g/mol. The molecular weight excluding hydrogens is 72.9 g/mol. The molecule has 0 saturated heterocycles. The molecule has 0 rings (SSSR count). The Morgan fingerprint density at radius 3 is 1.33 bits per heavy atom. The van der Waals surface area contributed by atoms with Crippen molar-refractivity contribution in [3.8, 4) is 0 Å². The highest BCUT2D eigenvalue weighted by Gasteiger charge is 1.83. The maximum Gasteiger partial charge on any atom is 0.0404 e. The predicted octanol–water partition coefficient (Wildman–Crippen LogP) is 0.531. The standard InChI is InChI=1S/C4H13BN/c1-5(2)6(3)4/h5H,1-4H3/q-1. The lowest BCUT2D eigenvalue weighted by molar-refractivity contribution is 0.648. The summed E-state index contributed by atoms with van der Waals surface area (Å²) >= 11 is 0. The van der Waals surface area contributed by atoms with Gasteiger partial charge in [0.15, 0.2) is 0 Å². The van der Waals surface area contributed by atoms with Crippen molar-refractivity contribution in [2.45, 2.75) is 13.6 Å². The second-order valence-electron chi connectivity index (χ2n) is 2.42. The summed E-state index contributed by atoms with van der Waals surface area (Å²) in [7, 11) is 4.22. The lowest BCUT2D eigenvalue weighted by Crippen LogP contribution is -2.25. The third-order valence-electron chi connectivity index (χ3n) is 1.26. The zero-order chi connectivity index (χ0) is 5.15. The molecule has 0 aliphatic rings. The van der Waals surface area contributed by atoms with Crippen LogP contribution in [0.3, 0.4) is 0 Å². The molecule has 38 valence electrons. The molecule has 0 radical (unpaired) electrons. The number of rotatable bonds is 1. The summed E-state index contributed by atoms with van der Waals surface area (Å²) in [5, 5.41) is 0. The SMILES string of the molecule is C[BH-](C)N(C)C. The zero-order valence-electron chi connectivity index (χ0n) is 5.15. The maximum atomic E-state index is 2.25. The Balaban J connectivity index is 2.99. The van der Waals surface area contributed by atoms with Crippen LogP contribution in [-0.4, -0.2) is 25.8 Å². The van der Waals surface area contributed by atoms with Crippen LogP contribution in [0.5, 0.6) is 0 Å². The Morgan fingerprint density at radius 1 is 1.17 bits per heavy atom. The molecule has 0 N–H and O–H groups in total. The van der Waals surface area contributed by atoms with Gasteiger partial charge in [-0.25, -0.2) is 0 Å². The molecule has 0 bridgehead atoms. The average Bonchev–Trinajstić information content (AvgIpc) is 1.36. The molecular formula is C4H13BN-. The van der Waals surface area contributed by atoms with Crippen molar-refractivity contribution in [1.29, 1.82) is 0 Å². The fourth-order valence-electron chi connectivity index (χ4n) is 0. The van der Waals surface area contributed by atoms with E-state index in [9.17, 15) is 0 Å². The van der Waals surface area contributed by atoms with Crippen molar-refractivity contribution in [2.75, 3.05) is 14.1 Å². The molecule has 1 nitrogen and oxygen atoms in total. The predicted molar refractivity (Wildman–Crippen MR) is 32.6 cm³/mol. The molecule has 0 unspecified atom stereocenters. The van der Waals surface area contributed by atoms with E-state index in [-0.39, 0.29) is 6.85 Å². The largest absolute Gasteiger partial charge is 0.483 e. The summed E-state index contributed by atoms with van der Waals surface area (Å²) in [6, 6.07) is 0. The fraction of sp³-hybridized carbons (Fsp3) is 1.00. The minimum absolute atomic E-state index is 0.0278. The van der Waals surface area contributed by atoms with Gasteiger partial charge in [0.2, 0.25) is 0 Å². The van der Waals surface area contributed by atoms with Crippen molar-refractivity contribution >= 4 is 6.85 Å². The van der Waals surface area contributed by atoms with Gasteiger partial charge in [-0.3, -0.25) is 0 Å².